The van der Waals surface area contributed by atoms with Crippen LogP contribution in [0.15, 0.2) is 36.4 Å². The third-order valence-corrected chi connectivity index (χ3v) is 3.83. The van der Waals surface area contributed by atoms with Gasteiger partial charge in [0, 0.05) is 16.1 Å². The molecule has 0 heterocycles. The van der Waals surface area contributed by atoms with Crippen molar-refractivity contribution in [3.05, 3.63) is 69.0 Å². The molecular formula is C15H14Cl2FN. The van der Waals surface area contributed by atoms with E-state index in [9.17, 15) is 4.39 Å². The van der Waals surface area contributed by atoms with Crippen LogP contribution in [0.4, 0.5) is 4.39 Å². The SMILES string of the molecule is Cc1cc(F)ccc1C(N)Cc1c(Cl)cccc1Cl. The van der Waals surface area contributed by atoms with Crippen molar-refractivity contribution in [1.82, 2.24) is 0 Å². The van der Waals surface area contributed by atoms with Gasteiger partial charge in [-0.1, -0.05) is 35.3 Å². The Labute approximate surface area is 122 Å². The molecule has 0 amide bonds. The predicted molar refractivity (Wildman–Crippen MR) is 78.2 cm³/mol. The smallest absolute Gasteiger partial charge is 0.123 e. The van der Waals surface area contributed by atoms with Crippen molar-refractivity contribution in [3.8, 4) is 0 Å². The van der Waals surface area contributed by atoms with Crippen molar-refractivity contribution in [2.75, 3.05) is 0 Å². The molecule has 1 atom stereocenters. The minimum atomic E-state index is -0.266. The molecule has 0 aromatic heterocycles. The minimum absolute atomic E-state index is 0.260. The van der Waals surface area contributed by atoms with Crippen LogP contribution >= 0.6 is 23.2 Å². The molecule has 0 radical (unpaired) electrons. The normalized spacial score (nSPS) is 12.5. The molecule has 2 rings (SSSR count). The largest absolute Gasteiger partial charge is 0.324 e. The van der Waals surface area contributed by atoms with Gasteiger partial charge in [0.2, 0.25) is 0 Å². The summed E-state index contributed by atoms with van der Waals surface area (Å²) in [5, 5.41) is 1.20. The van der Waals surface area contributed by atoms with Crippen molar-refractivity contribution in [2.24, 2.45) is 5.73 Å². The van der Waals surface area contributed by atoms with Crippen LogP contribution in [0.25, 0.3) is 0 Å². The Balaban J connectivity index is 2.28. The predicted octanol–water partition coefficient (Wildman–Crippen LogP) is 4.68. The first kappa shape index (κ1) is 14.3. The Bertz CT molecular complexity index is 578. The molecule has 0 bridgehead atoms. The maximum absolute atomic E-state index is 13.1. The van der Waals surface area contributed by atoms with E-state index in [0.717, 1.165) is 16.7 Å². The number of hydrogen-bond acceptors (Lipinski definition) is 1. The van der Waals surface area contributed by atoms with Gasteiger partial charge in [0.05, 0.1) is 0 Å². The van der Waals surface area contributed by atoms with Gasteiger partial charge in [-0.3, -0.25) is 0 Å². The summed E-state index contributed by atoms with van der Waals surface area (Å²) in [5.74, 6) is -0.260. The highest BCUT2D eigenvalue weighted by Gasteiger charge is 2.14. The summed E-state index contributed by atoms with van der Waals surface area (Å²) < 4.78 is 13.1. The first-order valence-corrected chi connectivity index (χ1v) is 6.69. The van der Waals surface area contributed by atoms with E-state index >= 15 is 0 Å². The van der Waals surface area contributed by atoms with Crippen molar-refractivity contribution >= 4 is 23.2 Å². The van der Waals surface area contributed by atoms with Gasteiger partial charge in [-0.25, -0.2) is 4.39 Å². The molecule has 0 saturated carbocycles. The highest BCUT2D eigenvalue weighted by molar-refractivity contribution is 6.36. The van der Waals surface area contributed by atoms with Crippen LogP contribution in [0.5, 0.6) is 0 Å². The minimum Gasteiger partial charge on any atom is -0.324 e. The van der Waals surface area contributed by atoms with E-state index < -0.39 is 0 Å². The van der Waals surface area contributed by atoms with Crippen LogP contribution in [0.1, 0.15) is 22.7 Å². The average Bonchev–Trinajstić information content (AvgIpc) is 2.33. The molecule has 4 heteroatoms. The van der Waals surface area contributed by atoms with Gasteiger partial charge in [-0.2, -0.15) is 0 Å². The lowest BCUT2D eigenvalue weighted by Gasteiger charge is -2.16. The van der Waals surface area contributed by atoms with E-state index in [-0.39, 0.29) is 11.9 Å². The monoisotopic (exact) mass is 297 g/mol. The van der Waals surface area contributed by atoms with E-state index in [1.807, 2.05) is 6.92 Å². The Kier molecular flexibility index (Phi) is 4.46. The van der Waals surface area contributed by atoms with Crippen molar-refractivity contribution in [3.63, 3.8) is 0 Å². The zero-order valence-corrected chi connectivity index (χ0v) is 12.0. The van der Waals surface area contributed by atoms with Crippen molar-refractivity contribution in [1.29, 1.82) is 0 Å². The van der Waals surface area contributed by atoms with Gasteiger partial charge < -0.3 is 5.73 Å². The molecule has 0 aliphatic carbocycles. The molecule has 0 saturated heterocycles. The summed E-state index contributed by atoms with van der Waals surface area (Å²) in [6.45, 7) is 1.84. The summed E-state index contributed by atoms with van der Waals surface area (Å²) >= 11 is 12.3. The number of halogens is 3. The summed E-state index contributed by atoms with van der Waals surface area (Å²) in [7, 11) is 0. The van der Waals surface area contributed by atoms with E-state index in [1.54, 1.807) is 24.3 Å². The molecule has 2 aromatic rings. The van der Waals surface area contributed by atoms with Crippen LogP contribution in [-0.4, -0.2) is 0 Å². The number of benzene rings is 2. The number of nitrogens with two attached hydrogens (primary N) is 1. The van der Waals surface area contributed by atoms with E-state index in [2.05, 4.69) is 0 Å². The summed E-state index contributed by atoms with van der Waals surface area (Å²) in [6, 6.07) is 9.70. The lowest BCUT2D eigenvalue weighted by atomic mass is 9.96. The van der Waals surface area contributed by atoms with Gasteiger partial charge in [0.1, 0.15) is 5.82 Å². The molecule has 100 valence electrons. The molecule has 1 nitrogen and oxygen atoms in total. The molecule has 0 fully saturated rings. The highest BCUT2D eigenvalue weighted by atomic mass is 35.5. The third kappa shape index (κ3) is 3.27. The van der Waals surface area contributed by atoms with Crippen molar-refractivity contribution < 1.29 is 4.39 Å². The van der Waals surface area contributed by atoms with Crippen LogP contribution in [0, 0.1) is 12.7 Å². The maximum Gasteiger partial charge on any atom is 0.123 e. The average molecular weight is 298 g/mol. The Morgan fingerprint density at radius 2 is 1.79 bits per heavy atom. The maximum atomic E-state index is 13.1. The second kappa shape index (κ2) is 5.91. The number of aryl methyl sites for hydroxylation is 1. The van der Waals surface area contributed by atoms with E-state index in [0.29, 0.717) is 16.5 Å². The second-order valence-corrected chi connectivity index (χ2v) is 5.33. The fourth-order valence-electron chi connectivity index (χ4n) is 2.11. The standard InChI is InChI=1S/C15H14Cl2FN/c1-9-7-10(18)5-6-11(9)15(19)8-12-13(16)3-2-4-14(12)17/h2-7,15H,8,19H2,1H3. The second-order valence-electron chi connectivity index (χ2n) is 4.51. The van der Waals surface area contributed by atoms with Crippen molar-refractivity contribution in [2.45, 2.75) is 19.4 Å². The Hall–Kier alpha value is -1.09. The van der Waals surface area contributed by atoms with Gasteiger partial charge >= 0.3 is 0 Å². The fraction of sp³-hybridized carbons (Fsp3) is 0.200. The lowest BCUT2D eigenvalue weighted by Crippen LogP contribution is -2.15. The summed E-state index contributed by atoms with van der Waals surface area (Å²) in [5.41, 5.74) is 8.73. The van der Waals surface area contributed by atoms with Gasteiger partial charge in [0.15, 0.2) is 0 Å². The van der Waals surface area contributed by atoms with Gasteiger partial charge in [0.25, 0.3) is 0 Å². The molecule has 1 unspecified atom stereocenters. The van der Waals surface area contributed by atoms with Crippen LogP contribution in [-0.2, 0) is 6.42 Å². The van der Waals surface area contributed by atoms with Crippen LogP contribution < -0.4 is 5.73 Å². The van der Waals surface area contributed by atoms with E-state index in [4.69, 9.17) is 28.9 Å². The van der Waals surface area contributed by atoms with Crippen LogP contribution in [0.3, 0.4) is 0 Å². The lowest BCUT2D eigenvalue weighted by molar-refractivity contribution is 0.622. The molecule has 19 heavy (non-hydrogen) atoms. The number of rotatable bonds is 3. The topological polar surface area (TPSA) is 26.0 Å². The zero-order chi connectivity index (χ0) is 14.0. The quantitative estimate of drug-likeness (QED) is 0.874. The summed E-state index contributed by atoms with van der Waals surface area (Å²) in [6.07, 6.45) is 0.519. The molecule has 0 aliphatic rings. The van der Waals surface area contributed by atoms with Crippen LogP contribution in [0.2, 0.25) is 10.0 Å². The Morgan fingerprint density at radius 1 is 1.16 bits per heavy atom. The van der Waals surface area contributed by atoms with Gasteiger partial charge in [-0.15, -0.1) is 0 Å². The molecule has 2 aromatic carbocycles. The molecule has 0 aliphatic heterocycles. The Morgan fingerprint density at radius 3 is 2.37 bits per heavy atom. The molecular weight excluding hydrogens is 284 g/mol. The van der Waals surface area contributed by atoms with E-state index in [1.165, 1.54) is 12.1 Å². The first-order chi connectivity index (χ1) is 8.99. The highest BCUT2D eigenvalue weighted by Crippen LogP contribution is 2.29. The molecule has 2 N–H and O–H groups in total. The van der Waals surface area contributed by atoms with Gasteiger partial charge in [-0.05, 0) is 54.3 Å². The molecule has 0 spiro atoms. The third-order valence-electron chi connectivity index (χ3n) is 3.12. The zero-order valence-electron chi connectivity index (χ0n) is 10.5. The summed E-state index contributed by atoms with van der Waals surface area (Å²) in [4.78, 5) is 0. The number of hydrogen-bond donors (Lipinski definition) is 1. The fourth-order valence-corrected chi connectivity index (χ4v) is 2.66. The first-order valence-electron chi connectivity index (χ1n) is 5.93.